The summed E-state index contributed by atoms with van der Waals surface area (Å²) in [5.74, 6) is 1.57. The van der Waals surface area contributed by atoms with Crippen LogP contribution in [0.25, 0.3) is 0 Å². The van der Waals surface area contributed by atoms with Crippen molar-refractivity contribution in [1.82, 2.24) is 5.32 Å². The predicted molar refractivity (Wildman–Crippen MR) is 80.0 cm³/mol. The fourth-order valence-electron chi connectivity index (χ4n) is 3.70. The van der Waals surface area contributed by atoms with Crippen LogP contribution >= 0.6 is 0 Å². The summed E-state index contributed by atoms with van der Waals surface area (Å²) in [6.45, 7) is 5.90. The molecule has 2 heterocycles. The summed E-state index contributed by atoms with van der Waals surface area (Å²) in [5, 5.41) is 3.66. The molecule has 0 aromatic heterocycles. The van der Waals surface area contributed by atoms with Crippen molar-refractivity contribution in [3.8, 4) is 5.75 Å². The SMILES string of the molecule is CCNC(c1ccc(OCC)cc1)C1CC2CCC1O2. The van der Waals surface area contributed by atoms with Crippen LogP contribution in [0.2, 0.25) is 0 Å². The third-order valence-corrected chi connectivity index (χ3v) is 4.56. The molecular weight excluding hydrogens is 250 g/mol. The number of hydrogen-bond donors (Lipinski definition) is 1. The van der Waals surface area contributed by atoms with Gasteiger partial charge in [0.25, 0.3) is 0 Å². The Labute approximate surface area is 121 Å². The molecule has 4 atom stereocenters. The normalized spacial score (nSPS) is 29.6. The number of benzene rings is 1. The molecule has 2 bridgehead atoms. The maximum atomic E-state index is 6.03. The lowest BCUT2D eigenvalue weighted by Gasteiger charge is -2.29. The first-order valence-corrected chi connectivity index (χ1v) is 7.93. The minimum absolute atomic E-state index is 0.408. The lowest BCUT2D eigenvalue weighted by Crippen LogP contribution is -2.33. The van der Waals surface area contributed by atoms with E-state index in [0.717, 1.165) is 18.9 Å². The molecule has 110 valence electrons. The Balaban J connectivity index is 1.76. The highest BCUT2D eigenvalue weighted by Crippen LogP contribution is 2.44. The van der Waals surface area contributed by atoms with Gasteiger partial charge in [0.2, 0.25) is 0 Å². The first-order chi connectivity index (χ1) is 9.81. The fraction of sp³-hybridized carbons (Fsp3) is 0.647. The summed E-state index contributed by atoms with van der Waals surface area (Å²) in [5.41, 5.74) is 1.36. The summed E-state index contributed by atoms with van der Waals surface area (Å²) in [7, 11) is 0. The summed E-state index contributed by atoms with van der Waals surface area (Å²) in [6.07, 6.45) is 4.65. The molecule has 2 aliphatic rings. The molecule has 2 saturated heterocycles. The van der Waals surface area contributed by atoms with E-state index < -0.39 is 0 Å². The van der Waals surface area contributed by atoms with Crippen molar-refractivity contribution in [3.05, 3.63) is 29.8 Å². The average Bonchev–Trinajstić information content (AvgIpc) is 3.09. The molecule has 2 fully saturated rings. The van der Waals surface area contributed by atoms with Crippen LogP contribution in [0.5, 0.6) is 5.75 Å². The first-order valence-electron chi connectivity index (χ1n) is 7.93. The molecule has 3 nitrogen and oxygen atoms in total. The van der Waals surface area contributed by atoms with Crippen molar-refractivity contribution in [2.24, 2.45) is 5.92 Å². The van der Waals surface area contributed by atoms with Gasteiger partial charge in [0.1, 0.15) is 5.75 Å². The Kier molecular flexibility index (Phi) is 4.27. The summed E-state index contributed by atoms with van der Waals surface area (Å²) < 4.78 is 11.6. The molecule has 3 rings (SSSR count). The minimum Gasteiger partial charge on any atom is -0.494 e. The van der Waals surface area contributed by atoms with Crippen LogP contribution in [0.15, 0.2) is 24.3 Å². The van der Waals surface area contributed by atoms with Gasteiger partial charge in [0.15, 0.2) is 0 Å². The van der Waals surface area contributed by atoms with E-state index in [2.05, 4.69) is 36.5 Å². The Hall–Kier alpha value is -1.06. The maximum absolute atomic E-state index is 6.03. The van der Waals surface area contributed by atoms with Gasteiger partial charge in [0, 0.05) is 12.0 Å². The topological polar surface area (TPSA) is 30.5 Å². The highest BCUT2D eigenvalue weighted by Gasteiger charge is 2.44. The van der Waals surface area contributed by atoms with Gasteiger partial charge in [-0.25, -0.2) is 0 Å². The molecular formula is C17H25NO2. The smallest absolute Gasteiger partial charge is 0.119 e. The zero-order chi connectivity index (χ0) is 13.9. The molecule has 0 amide bonds. The molecule has 0 spiro atoms. The third kappa shape index (κ3) is 2.70. The Morgan fingerprint density at radius 1 is 1.25 bits per heavy atom. The van der Waals surface area contributed by atoms with E-state index in [1.165, 1.54) is 24.8 Å². The van der Waals surface area contributed by atoms with Gasteiger partial charge in [-0.2, -0.15) is 0 Å². The van der Waals surface area contributed by atoms with Gasteiger partial charge < -0.3 is 14.8 Å². The van der Waals surface area contributed by atoms with Crippen molar-refractivity contribution in [2.45, 2.75) is 51.4 Å². The molecule has 3 heteroatoms. The quantitative estimate of drug-likeness (QED) is 0.864. The lowest BCUT2D eigenvalue weighted by molar-refractivity contribution is 0.0858. The first kappa shape index (κ1) is 13.9. The van der Waals surface area contributed by atoms with Crippen LogP contribution in [-0.4, -0.2) is 25.4 Å². The number of nitrogens with one attached hydrogen (secondary N) is 1. The molecule has 20 heavy (non-hydrogen) atoms. The van der Waals surface area contributed by atoms with Crippen molar-refractivity contribution >= 4 is 0 Å². The van der Waals surface area contributed by atoms with Crippen LogP contribution in [0.1, 0.15) is 44.7 Å². The van der Waals surface area contributed by atoms with Crippen molar-refractivity contribution in [2.75, 3.05) is 13.2 Å². The number of fused-ring (bicyclic) bond motifs is 2. The molecule has 0 aliphatic carbocycles. The van der Waals surface area contributed by atoms with Crippen molar-refractivity contribution in [3.63, 3.8) is 0 Å². The summed E-state index contributed by atoms with van der Waals surface area (Å²) in [4.78, 5) is 0. The molecule has 1 aromatic rings. The second-order valence-electron chi connectivity index (χ2n) is 5.81. The Morgan fingerprint density at radius 2 is 2.05 bits per heavy atom. The van der Waals surface area contributed by atoms with E-state index >= 15 is 0 Å². The van der Waals surface area contributed by atoms with Crippen LogP contribution in [0, 0.1) is 5.92 Å². The number of rotatable bonds is 6. The van der Waals surface area contributed by atoms with Crippen LogP contribution in [0.4, 0.5) is 0 Å². The van der Waals surface area contributed by atoms with Gasteiger partial charge in [0.05, 0.1) is 18.8 Å². The Bertz CT molecular complexity index is 431. The second kappa shape index (κ2) is 6.15. The van der Waals surface area contributed by atoms with Gasteiger partial charge in [-0.05, 0) is 50.4 Å². The van der Waals surface area contributed by atoms with Crippen LogP contribution < -0.4 is 10.1 Å². The van der Waals surface area contributed by atoms with Crippen molar-refractivity contribution < 1.29 is 9.47 Å². The van der Waals surface area contributed by atoms with E-state index in [0.29, 0.717) is 24.2 Å². The molecule has 1 N–H and O–H groups in total. The second-order valence-corrected chi connectivity index (χ2v) is 5.81. The van der Waals surface area contributed by atoms with E-state index in [-0.39, 0.29) is 0 Å². The zero-order valence-corrected chi connectivity index (χ0v) is 12.5. The summed E-state index contributed by atoms with van der Waals surface area (Å²) >= 11 is 0. The standard InChI is InChI=1S/C17H25NO2/c1-3-18-17(15-11-14-9-10-16(15)20-14)12-5-7-13(8-6-12)19-4-2/h5-8,14-18H,3-4,9-11H2,1-2H3. The van der Waals surface area contributed by atoms with Gasteiger partial charge in [-0.15, -0.1) is 0 Å². The molecule has 4 unspecified atom stereocenters. The predicted octanol–water partition coefficient (Wildman–Crippen LogP) is 3.30. The van der Waals surface area contributed by atoms with Gasteiger partial charge >= 0.3 is 0 Å². The molecule has 0 saturated carbocycles. The van der Waals surface area contributed by atoms with Gasteiger partial charge in [-0.3, -0.25) is 0 Å². The average molecular weight is 275 g/mol. The van der Waals surface area contributed by atoms with E-state index in [1.807, 2.05) is 6.92 Å². The number of hydrogen-bond acceptors (Lipinski definition) is 3. The zero-order valence-electron chi connectivity index (χ0n) is 12.5. The van der Waals surface area contributed by atoms with Crippen LogP contribution in [-0.2, 0) is 4.74 Å². The van der Waals surface area contributed by atoms with Crippen molar-refractivity contribution in [1.29, 1.82) is 0 Å². The highest BCUT2D eigenvalue weighted by molar-refractivity contribution is 5.30. The van der Waals surface area contributed by atoms with E-state index in [9.17, 15) is 0 Å². The summed E-state index contributed by atoms with van der Waals surface area (Å²) in [6, 6.07) is 8.97. The van der Waals surface area contributed by atoms with Crippen LogP contribution in [0.3, 0.4) is 0 Å². The maximum Gasteiger partial charge on any atom is 0.119 e. The lowest BCUT2D eigenvalue weighted by atomic mass is 9.81. The molecule has 2 aliphatic heterocycles. The third-order valence-electron chi connectivity index (χ3n) is 4.56. The van der Waals surface area contributed by atoms with Gasteiger partial charge in [-0.1, -0.05) is 19.1 Å². The highest BCUT2D eigenvalue weighted by atomic mass is 16.5. The number of ether oxygens (including phenoxy) is 2. The molecule has 0 radical (unpaired) electrons. The Morgan fingerprint density at radius 3 is 2.60 bits per heavy atom. The monoisotopic (exact) mass is 275 g/mol. The minimum atomic E-state index is 0.408. The van der Waals surface area contributed by atoms with E-state index in [1.54, 1.807) is 0 Å². The molecule has 1 aromatic carbocycles. The largest absolute Gasteiger partial charge is 0.494 e. The fourth-order valence-corrected chi connectivity index (χ4v) is 3.70. The van der Waals surface area contributed by atoms with E-state index in [4.69, 9.17) is 9.47 Å².